The van der Waals surface area contributed by atoms with E-state index in [0.29, 0.717) is 17.0 Å². The maximum atomic E-state index is 14.1. The molecule has 2 rings (SSSR count). The number of hydrogen-bond donors (Lipinski definition) is 0. The summed E-state index contributed by atoms with van der Waals surface area (Å²) in [5.41, 5.74) is 0.918. The fraction of sp³-hybridized carbons (Fsp3) is 0.529. The van der Waals surface area contributed by atoms with Gasteiger partial charge in [0, 0.05) is 12.6 Å². The van der Waals surface area contributed by atoms with Crippen molar-refractivity contribution in [1.82, 2.24) is 4.90 Å². The molecule has 0 amide bonds. The van der Waals surface area contributed by atoms with Gasteiger partial charge in [0.25, 0.3) is 0 Å². The lowest BCUT2D eigenvalue weighted by atomic mass is 9.88. The molecule has 0 aromatic heterocycles. The number of halogens is 1. The van der Waals surface area contributed by atoms with E-state index in [9.17, 15) is 4.39 Å². The highest BCUT2D eigenvalue weighted by molar-refractivity contribution is 5.59. The van der Waals surface area contributed by atoms with Gasteiger partial charge < -0.3 is 4.90 Å². The maximum absolute atomic E-state index is 14.1. The average molecular weight is 289 g/mol. The van der Waals surface area contributed by atoms with Gasteiger partial charge in [0.2, 0.25) is 0 Å². The molecule has 0 N–H and O–H groups in total. The molecule has 1 heterocycles. The normalized spacial score (nSPS) is 21.5. The van der Waals surface area contributed by atoms with Gasteiger partial charge in [-0.3, -0.25) is 4.99 Å². The second-order valence-electron chi connectivity index (χ2n) is 5.10. The van der Waals surface area contributed by atoms with Gasteiger partial charge in [0.05, 0.1) is 30.1 Å². The van der Waals surface area contributed by atoms with E-state index in [4.69, 9.17) is 5.26 Å². The summed E-state index contributed by atoms with van der Waals surface area (Å²) in [5.74, 6) is 0.0809. The van der Waals surface area contributed by atoms with Crippen molar-refractivity contribution in [2.45, 2.75) is 46.2 Å². The average Bonchev–Trinajstić information content (AvgIpc) is 2.89. The number of rotatable bonds is 3. The van der Waals surface area contributed by atoms with Crippen LogP contribution in [0.15, 0.2) is 23.2 Å². The molecule has 0 bridgehead atoms. The van der Waals surface area contributed by atoms with Crippen LogP contribution in [0.1, 0.15) is 51.3 Å². The minimum atomic E-state index is -0.343. The highest BCUT2D eigenvalue weighted by atomic mass is 19.1. The van der Waals surface area contributed by atoms with E-state index < -0.39 is 0 Å². The van der Waals surface area contributed by atoms with Crippen molar-refractivity contribution < 1.29 is 4.39 Å². The largest absolute Gasteiger partial charge is 0.360 e. The first-order chi connectivity index (χ1) is 10.1. The molecule has 3 nitrogen and oxygen atoms in total. The molecular formula is C17H24FN3. The Bertz CT molecular complexity index is 533. The third kappa shape index (κ3) is 3.60. The summed E-state index contributed by atoms with van der Waals surface area (Å²) >= 11 is 0. The highest BCUT2D eigenvalue weighted by Crippen LogP contribution is 2.35. The van der Waals surface area contributed by atoms with E-state index in [0.717, 1.165) is 6.42 Å². The van der Waals surface area contributed by atoms with Crippen LogP contribution in [0.5, 0.6) is 0 Å². The standard InChI is InChI=1S/C15H18FN3.C2H6/c1-4-10(2)15-14(18-9-19(15)3)12-6-5-11(8-17)7-13(12)16;1-2/h5-7,9-10,14-15H,4H2,1-3H3;1-2H3. The molecule has 0 aliphatic carbocycles. The molecular weight excluding hydrogens is 265 g/mol. The van der Waals surface area contributed by atoms with Crippen LogP contribution in [0.3, 0.4) is 0 Å². The quantitative estimate of drug-likeness (QED) is 0.838. The first-order valence-electron chi connectivity index (χ1n) is 7.53. The molecule has 114 valence electrons. The summed E-state index contributed by atoms with van der Waals surface area (Å²) < 4.78 is 14.1. The number of hydrogen-bond acceptors (Lipinski definition) is 3. The summed E-state index contributed by atoms with van der Waals surface area (Å²) in [5, 5.41) is 8.78. The molecule has 4 heteroatoms. The minimum Gasteiger partial charge on any atom is -0.360 e. The Morgan fingerprint density at radius 3 is 2.62 bits per heavy atom. The van der Waals surface area contributed by atoms with Gasteiger partial charge >= 0.3 is 0 Å². The van der Waals surface area contributed by atoms with Crippen molar-refractivity contribution in [2.75, 3.05) is 7.05 Å². The van der Waals surface area contributed by atoms with Crippen molar-refractivity contribution >= 4 is 6.34 Å². The molecule has 0 radical (unpaired) electrons. The van der Waals surface area contributed by atoms with Crippen molar-refractivity contribution in [1.29, 1.82) is 5.26 Å². The zero-order valence-corrected chi connectivity index (χ0v) is 13.5. The smallest absolute Gasteiger partial charge is 0.129 e. The molecule has 0 saturated carbocycles. The first kappa shape index (κ1) is 17.2. The number of likely N-dealkylation sites (N-methyl/N-ethyl adjacent to an activating group) is 1. The molecule has 3 unspecified atom stereocenters. The second kappa shape index (κ2) is 7.78. The number of nitrogens with zero attached hydrogens (tertiary/aromatic N) is 3. The van der Waals surface area contributed by atoms with Crippen molar-refractivity contribution in [3.8, 4) is 6.07 Å². The monoisotopic (exact) mass is 289 g/mol. The SMILES string of the molecule is CC.CCC(C)C1C(c2ccc(C#N)cc2F)N=CN1C. The van der Waals surface area contributed by atoms with E-state index in [1.165, 1.54) is 6.07 Å². The molecule has 0 spiro atoms. The summed E-state index contributed by atoms with van der Waals surface area (Å²) in [6.45, 7) is 8.29. The highest BCUT2D eigenvalue weighted by Gasteiger charge is 2.34. The van der Waals surface area contributed by atoms with E-state index in [1.54, 1.807) is 18.5 Å². The van der Waals surface area contributed by atoms with Crippen LogP contribution in [0.4, 0.5) is 4.39 Å². The number of benzene rings is 1. The van der Waals surface area contributed by atoms with Gasteiger partial charge in [-0.2, -0.15) is 5.26 Å². The predicted molar refractivity (Wildman–Crippen MR) is 84.7 cm³/mol. The lowest BCUT2D eigenvalue weighted by molar-refractivity contribution is 0.256. The third-order valence-corrected chi connectivity index (χ3v) is 3.88. The Hall–Kier alpha value is -1.89. The Kier molecular flexibility index (Phi) is 6.36. The van der Waals surface area contributed by atoms with Crippen LogP contribution >= 0.6 is 0 Å². The Morgan fingerprint density at radius 1 is 1.43 bits per heavy atom. The molecule has 3 atom stereocenters. The zero-order valence-electron chi connectivity index (χ0n) is 13.5. The van der Waals surface area contributed by atoms with E-state index >= 15 is 0 Å². The van der Waals surface area contributed by atoms with Gasteiger partial charge in [0.15, 0.2) is 0 Å². The molecule has 1 aromatic rings. The molecule has 1 aliphatic heterocycles. The third-order valence-electron chi connectivity index (χ3n) is 3.88. The molecule has 21 heavy (non-hydrogen) atoms. The van der Waals surface area contributed by atoms with Gasteiger partial charge in [-0.15, -0.1) is 0 Å². The lowest BCUT2D eigenvalue weighted by Crippen LogP contribution is -2.35. The molecule has 0 fully saturated rings. The second-order valence-corrected chi connectivity index (χ2v) is 5.10. The Labute approximate surface area is 127 Å². The summed E-state index contributed by atoms with van der Waals surface area (Å²) in [6.07, 6.45) is 2.80. The lowest BCUT2D eigenvalue weighted by Gasteiger charge is -2.30. The predicted octanol–water partition coefficient (Wildman–Crippen LogP) is 4.15. The van der Waals surface area contributed by atoms with Crippen LogP contribution in [0.2, 0.25) is 0 Å². The zero-order chi connectivity index (χ0) is 16.0. The summed E-state index contributed by atoms with van der Waals surface area (Å²) in [6, 6.07) is 6.56. The topological polar surface area (TPSA) is 39.4 Å². The van der Waals surface area contributed by atoms with E-state index in [2.05, 4.69) is 23.7 Å². The maximum Gasteiger partial charge on any atom is 0.129 e. The van der Waals surface area contributed by atoms with Crippen molar-refractivity contribution in [3.63, 3.8) is 0 Å². The van der Waals surface area contributed by atoms with Gasteiger partial charge in [-0.25, -0.2) is 4.39 Å². The van der Waals surface area contributed by atoms with Gasteiger partial charge in [0.1, 0.15) is 5.82 Å². The van der Waals surface area contributed by atoms with E-state index in [-0.39, 0.29) is 17.9 Å². The Morgan fingerprint density at radius 2 is 2.10 bits per heavy atom. The van der Waals surface area contributed by atoms with Crippen molar-refractivity contribution in [3.05, 3.63) is 35.1 Å². The molecule has 1 aliphatic rings. The fourth-order valence-electron chi connectivity index (χ4n) is 2.62. The van der Waals surface area contributed by atoms with Crippen LogP contribution in [0, 0.1) is 23.1 Å². The summed E-state index contributed by atoms with van der Waals surface area (Å²) in [7, 11) is 1.97. The molecule has 0 saturated heterocycles. The number of nitriles is 1. The van der Waals surface area contributed by atoms with Crippen molar-refractivity contribution in [2.24, 2.45) is 10.9 Å². The van der Waals surface area contributed by atoms with Crippen LogP contribution < -0.4 is 0 Å². The van der Waals surface area contributed by atoms with Crippen LogP contribution in [-0.2, 0) is 0 Å². The molecule has 1 aromatic carbocycles. The summed E-state index contributed by atoms with van der Waals surface area (Å²) in [4.78, 5) is 6.48. The van der Waals surface area contributed by atoms with Gasteiger partial charge in [-0.1, -0.05) is 40.2 Å². The van der Waals surface area contributed by atoms with Gasteiger partial charge in [-0.05, 0) is 18.1 Å². The first-order valence-corrected chi connectivity index (χ1v) is 7.53. The number of aliphatic imine (C=N–C) groups is 1. The fourth-order valence-corrected chi connectivity index (χ4v) is 2.62. The Balaban J connectivity index is 0.00000106. The van der Waals surface area contributed by atoms with E-state index in [1.807, 2.05) is 27.0 Å². The van der Waals surface area contributed by atoms with Crippen LogP contribution in [-0.4, -0.2) is 24.3 Å². The minimum absolute atomic E-state index is 0.174. The van der Waals surface area contributed by atoms with Crippen LogP contribution in [0.25, 0.3) is 0 Å².